The van der Waals surface area contributed by atoms with Crippen LogP contribution in [0, 0.1) is 0 Å². The number of anilines is 1. The monoisotopic (exact) mass is 444 g/mol. The van der Waals surface area contributed by atoms with Gasteiger partial charge in [0.2, 0.25) is 0 Å². The fraction of sp³-hybridized carbons (Fsp3) is 0.182. The van der Waals surface area contributed by atoms with E-state index in [0.717, 1.165) is 6.42 Å². The molecule has 0 aliphatic heterocycles. The fourth-order valence-corrected chi connectivity index (χ4v) is 3.14. The van der Waals surface area contributed by atoms with Crippen molar-refractivity contribution in [1.29, 1.82) is 0 Å². The van der Waals surface area contributed by atoms with Crippen LogP contribution in [0.2, 0.25) is 5.02 Å². The highest BCUT2D eigenvalue weighted by Gasteiger charge is 2.12. The van der Waals surface area contributed by atoms with Crippen molar-refractivity contribution in [3.63, 3.8) is 0 Å². The number of nitrogens with one attached hydrogen (secondary N) is 2. The van der Waals surface area contributed by atoms with E-state index in [9.17, 15) is 4.79 Å². The number of aliphatic hydroxyl groups is 1. The van der Waals surface area contributed by atoms with Crippen LogP contribution in [-0.4, -0.2) is 22.7 Å². The number of carbonyl (C=O) groups excluding carboxylic acids is 1. The van der Waals surface area contributed by atoms with E-state index in [1.54, 1.807) is 54.6 Å². The van der Waals surface area contributed by atoms with Gasteiger partial charge in [-0.1, -0.05) is 18.5 Å². The van der Waals surface area contributed by atoms with Gasteiger partial charge in [0.1, 0.15) is 23.9 Å². The van der Waals surface area contributed by atoms with E-state index >= 15 is 0 Å². The molecule has 0 fully saturated rings. The van der Waals surface area contributed by atoms with Crippen molar-refractivity contribution in [2.24, 2.45) is 0 Å². The molecule has 1 amide bonds. The van der Waals surface area contributed by atoms with Crippen molar-refractivity contribution in [1.82, 2.24) is 5.32 Å². The number of rotatable bonds is 7. The van der Waals surface area contributed by atoms with Crippen LogP contribution >= 0.6 is 23.8 Å². The molecule has 0 saturated carbocycles. The maximum absolute atomic E-state index is 12.4. The average Bonchev–Trinajstić information content (AvgIpc) is 3.21. The van der Waals surface area contributed by atoms with Gasteiger partial charge in [-0.05, 0) is 73.2 Å². The van der Waals surface area contributed by atoms with Crippen molar-refractivity contribution in [2.75, 3.05) is 11.9 Å². The van der Waals surface area contributed by atoms with Crippen LogP contribution in [0.25, 0.3) is 11.3 Å². The van der Waals surface area contributed by atoms with Gasteiger partial charge >= 0.3 is 0 Å². The summed E-state index contributed by atoms with van der Waals surface area (Å²) in [5.41, 5.74) is 1.77. The Labute approximate surface area is 184 Å². The maximum atomic E-state index is 12.4. The van der Waals surface area contributed by atoms with Crippen LogP contribution in [0.1, 0.15) is 29.5 Å². The Hall–Kier alpha value is -2.87. The molecule has 0 bridgehead atoms. The first-order chi connectivity index (χ1) is 14.5. The summed E-state index contributed by atoms with van der Waals surface area (Å²) in [7, 11) is 0. The highest BCUT2D eigenvalue weighted by atomic mass is 35.5. The molecule has 2 aromatic carbocycles. The Morgan fingerprint density at radius 3 is 2.57 bits per heavy atom. The number of ether oxygens (including phenoxy) is 1. The van der Waals surface area contributed by atoms with Crippen molar-refractivity contribution in [3.05, 3.63) is 70.9 Å². The van der Waals surface area contributed by atoms with Crippen molar-refractivity contribution < 1.29 is 19.1 Å². The summed E-state index contributed by atoms with van der Waals surface area (Å²) in [6.45, 7) is 2.48. The highest BCUT2D eigenvalue weighted by Crippen LogP contribution is 2.31. The Morgan fingerprint density at radius 1 is 1.17 bits per heavy atom. The molecule has 3 rings (SSSR count). The smallest absolute Gasteiger partial charge is 0.257 e. The Bertz CT molecular complexity index is 1030. The molecule has 1 heterocycles. The molecule has 6 nitrogen and oxygen atoms in total. The van der Waals surface area contributed by atoms with Gasteiger partial charge in [0.15, 0.2) is 5.11 Å². The summed E-state index contributed by atoms with van der Waals surface area (Å²) in [4.78, 5) is 12.4. The molecule has 0 radical (unpaired) electrons. The third kappa shape index (κ3) is 5.60. The zero-order chi connectivity index (χ0) is 21.5. The maximum Gasteiger partial charge on any atom is 0.257 e. The molecule has 0 atom stereocenters. The average molecular weight is 445 g/mol. The minimum absolute atomic E-state index is 0.149. The molecule has 1 aromatic heterocycles. The number of amides is 1. The quantitative estimate of drug-likeness (QED) is 0.444. The van der Waals surface area contributed by atoms with E-state index < -0.39 is 0 Å². The van der Waals surface area contributed by atoms with E-state index in [4.69, 9.17) is 38.1 Å². The number of hydrogen-bond acceptors (Lipinski definition) is 5. The molecule has 3 aromatic rings. The standard InChI is InChI=1S/C22H21ClN2O4S/c1-2-11-28-16-6-3-14(4-7-16)21(27)25-22(30)24-15-5-9-18(19(23)12-15)20-10-8-17(13-26)29-20/h3-10,12,26H,2,11,13H2,1H3,(H2,24,25,27,30). The summed E-state index contributed by atoms with van der Waals surface area (Å²) < 4.78 is 11.0. The molecular weight excluding hydrogens is 424 g/mol. The lowest BCUT2D eigenvalue weighted by atomic mass is 10.1. The predicted molar refractivity (Wildman–Crippen MR) is 121 cm³/mol. The van der Waals surface area contributed by atoms with Gasteiger partial charge in [-0.2, -0.15) is 0 Å². The fourth-order valence-electron chi connectivity index (χ4n) is 2.66. The number of hydrogen-bond donors (Lipinski definition) is 3. The molecule has 0 saturated heterocycles. The molecule has 30 heavy (non-hydrogen) atoms. The van der Waals surface area contributed by atoms with Crippen molar-refractivity contribution in [3.8, 4) is 17.1 Å². The highest BCUT2D eigenvalue weighted by molar-refractivity contribution is 7.80. The first kappa shape index (κ1) is 21.8. The summed E-state index contributed by atoms with van der Waals surface area (Å²) >= 11 is 11.6. The number of benzene rings is 2. The Kier molecular flexibility index (Phi) is 7.46. The van der Waals surface area contributed by atoms with Gasteiger partial charge in [0.05, 0.1) is 11.6 Å². The molecule has 3 N–H and O–H groups in total. The summed E-state index contributed by atoms with van der Waals surface area (Å²) in [5.74, 6) is 1.39. The van der Waals surface area contributed by atoms with Crippen LogP contribution in [-0.2, 0) is 6.61 Å². The van der Waals surface area contributed by atoms with E-state index in [1.165, 1.54) is 0 Å². The van der Waals surface area contributed by atoms with Crippen LogP contribution in [0.4, 0.5) is 5.69 Å². The summed E-state index contributed by atoms with van der Waals surface area (Å²) in [6, 6.07) is 15.5. The Balaban J connectivity index is 1.60. The van der Waals surface area contributed by atoms with Gasteiger partial charge in [0, 0.05) is 16.8 Å². The van der Waals surface area contributed by atoms with E-state index in [0.29, 0.717) is 45.7 Å². The van der Waals surface area contributed by atoms with Gasteiger partial charge in [-0.3, -0.25) is 10.1 Å². The zero-order valence-corrected chi connectivity index (χ0v) is 17.8. The second-order valence-corrected chi connectivity index (χ2v) is 7.22. The lowest BCUT2D eigenvalue weighted by Gasteiger charge is -2.11. The van der Waals surface area contributed by atoms with Gasteiger partial charge in [0.25, 0.3) is 5.91 Å². The van der Waals surface area contributed by atoms with Crippen molar-refractivity contribution >= 4 is 40.5 Å². The number of halogens is 1. The van der Waals surface area contributed by atoms with E-state index in [2.05, 4.69) is 10.6 Å². The molecule has 0 spiro atoms. The normalized spacial score (nSPS) is 10.5. The molecule has 0 aliphatic carbocycles. The van der Waals surface area contributed by atoms with Crippen LogP contribution in [0.3, 0.4) is 0 Å². The summed E-state index contributed by atoms with van der Waals surface area (Å²) in [5, 5.41) is 15.3. The Morgan fingerprint density at radius 2 is 1.93 bits per heavy atom. The van der Waals surface area contributed by atoms with Gasteiger partial charge in [-0.25, -0.2) is 0 Å². The van der Waals surface area contributed by atoms with Crippen LogP contribution in [0.15, 0.2) is 59.0 Å². The number of thiocarbonyl (C=S) groups is 1. The van der Waals surface area contributed by atoms with Gasteiger partial charge < -0.3 is 19.6 Å². The van der Waals surface area contributed by atoms with Gasteiger partial charge in [-0.15, -0.1) is 0 Å². The van der Waals surface area contributed by atoms with Crippen molar-refractivity contribution in [2.45, 2.75) is 20.0 Å². The lowest BCUT2D eigenvalue weighted by Crippen LogP contribution is -2.34. The van der Waals surface area contributed by atoms with Crippen LogP contribution in [0.5, 0.6) is 5.75 Å². The molecule has 0 unspecified atom stereocenters. The molecule has 8 heteroatoms. The first-order valence-corrected chi connectivity index (χ1v) is 10.1. The van der Waals surface area contributed by atoms with E-state index in [-0.39, 0.29) is 17.6 Å². The molecular formula is C22H21ClN2O4S. The minimum Gasteiger partial charge on any atom is -0.494 e. The second-order valence-electron chi connectivity index (χ2n) is 6.40. The largest absolute Gasteiger partial charge is 0.494 e. The zero-order valence-electron chi connectivity index (χ0n) is 16.3. The lowest BCUT2D eigenvalue weighted by molar-refractivity contribution is 0.0977. The SMILES string of the molecule is CCCOc1ccc(C(=O)NC(=S)Nc2ccc(-c3ccc(CO)o3)c(Cl)c2)cc1. The topological polar surface area (TPSA) is 83.7 Å². The second kappa shape index (κ2) is 10.2. The van der Waals surface area contributed by atoms with Crippen LogP contribution < -0.4 is 15.4 Å². The van der Waals surface area contributed by atoms with E-state index in [1.807, 2.05) is 6.92 Å². The molecule has 156 valence electrons. The predicted octanol–water partition coefficient (Wildman–Crippen LogP) is 5.01. The third-order valence-electron chi connectivity index (χ3n) is 4.13. The minimum atomic E-state index is -0.329. The number of carbonyl (C=O) groups is 1. The molecule has 0 aliphatic rings. The number of aliphatic hydroxyl groups excluding tert-OH is 1. The summed E-state index contributed by atoms with van der Waals surface area (Å²) in [6.07, 6.45) is 0.915. The number of furan rings is 1. The first-order valence-electron chi connectivity index (χ1n) is 9.35. The third-order valence-corrected chi connectivity index (χ3v) is 4.64.